The van der Waals surface area contributed by atoms with Gasteiger partial charge in [0.2, 0.25) is 0 Å². The first kappa shape index (κ1) is 15.7. The highest BCUT2D eigenvalue weighted by Crippen LogP contribution is 2.24. The van der Waals surface area contributed by atoms with E-state index in [1.807, 2.05) is 19.9 Å². The average Bonchev–Trinajstić information content (AvgIpc) is 2.97. The zero-order valence-corrected chi connectivity index (χ0v) is 13.9. The van der Waals surface area contributed by atoms with Gasteiger partial charge in [-0.05, 0) is 44.7 Å². The van der Waals surface area contributed by atoms with Gasteiger partial charge in [-0.1, -0.05) is 18.2 Å². The highest BCUT2D eigenvalue weighted by molar-refractivity contribution is 5.89. The average molecular weight is 312 g/mol. The van der Waals surface area contributed by atoms with Crippen molar-refractivity contribution in [3.05, 3.63) is 47.3 Å². The Morgan fingerprint density at radius 2 is 2.17 bits per heavy atom. The van der Waals surface area contributed by atoms with Crippen LogP contribution in [0.4, 0.5) is 0 Å². The largest absolute Gasteiger partial charge is 0.463 e. The molecule has 23 heavy (non-hydrogen) atoms. The lowest BCUT2D eigenvalue weighted by atomic mass is 10.0. The molecule has 2 aromatic rings. The van der Waals surface area contributed by atoms with Crippen molar-refractivity contribution in [1.29, 1.82) is 0 Å². The van der Waals surface area contributed by atoms with E-state index in [1.54, 1.807) is 0 Å². The van der Waals surface area contributed by atoms with E-state index in [1.165, 1.54) is 16.5 Å². The number of carbonyl (C=O) groups is 1. The number of H-pyrrole nitrogens is 1. The number of nitrogens with one attached hydrogen (secondary N) is 1. The van der Waals surface area contributed by atoms with Crippen LogP contribution in [0.5, 0.6) is 0 Å². The van der Waals surface area contributed by atoms with Crippen LogP contribution in [0.1, 0.15) is 32.3 Å². The normalized spacial score (nSPS) is 15.3. The number of fused-ring (bicyclic) bond motifs is 1. The van der Waals surface area contributed by atoms with Crippen LogP contribution in [-0.2, 0) is 16.0 Å². The van der Waals surface area contributed by atoms with Crippen molar-refractivity contribution in [2.75, 3.05) is 19.7 Å². The zero-order valence-electron chi connectivity index (χ0n) is 13.9. The van der Waals surface area contributed by atoms with Crippen molar-refractivity contribution < 1.29 is 9.53 Å². The Labute approximate surface area is 137 Å². The van der Waals surface area contributed by atoms with E-state index in [0.717, 1.165) is 43.6 Å². The maximum absolute atomic E-state index is 12.1. The topological polar surface area (TPSA) is 45.3 Å². The monoisotopic (exact) mass is 312 g/mol. The third kappa shape index (κ3) is 3.26. The third-order valence-corrected chi connectivity index (χ3v) is 4.61. The molecule has 1 N–H and O–H groups in total. The summed E-state index contributed by atoms with van der Waals surface area (Å²) in [4.78, 5) is 17.7. The van der Waals surface area contributed by atoms with E-state index < -0.39 is 0 Å². The van der Waals surface area contributed by atoms with Crippen molar-refractivity contribution in [1.82, 2.24) is 9.88 Å². The lowest BCUT2D eigenvalue weighted by molar-refractivity contribution is -0.139. The minimum atomic E-state index is -0.151. The Hall–Kier alpha value is -2.23. The minimum Gasteiger partial charge on any atom is -0.463 e. The quantitative estimate of drug-likeness (QED) is 0.857. The second kappa shape index (κ2) is 6.90. The van der Waals surface area contributed by atoms with Crippen LogP contribution in [-0.4, -0.2) is 35.5 Å². The molecule has 1 aromatic heterocycles. The summed E-state index contributed by atoms with van der Waals surface area (Å²) in [6.45, 7) is 6.27. The number of benzene rings is 1. The standard InChI is InChI=1S/C19H24N2O2/c1-3-23-19(22)16-8-6-11-21(14(16)2)12-10-15-13-20-18-9-5-4-7-17(15)18/h4-5,7,9,13,20H,3,6,8,10-12H2,1-2H3. The first-order valence-corrected chi connectivity index (χ1v) is 8.37. The van der Waals surface area contributed by atoms with Gasteiger partial charge in [-0.25, -0.2) is 4.79 Å². The van der Waals surface area contributed by atoms with Crippen LogP contribution in [0.15, 0.2) is 41.7 Å². The summed E-state index contributed by atoms with van der Waals surface area (Å²) in [5.41, 5.74) is 4.43. The molecule has 0 spiro atoms. The molecule has 0 saturated heterocycles. The number of hydrogen-bond donors (Lipinski definition) is 1. The number of esters is 1. The Kier molecular flexibility index (Phi) is 4.70. The van der Waals surface area contributed by atoms with Gasteiger partial charge in [0, 0.05) is 35.9 Å². The van der Waals surface area contributed by atoms with Crippen molar-refractivity contribution in [3.63, 3.8) is 0 Å². The third-order valence-electron chi connectivity index (χ3n) is 4.61. The molecule has 1 aliphatic rings. The maximum atomic E-state index is 12.1. The minimum absolute atomic E-state index is 0.151. The molecule has 122 valence electrons. The number of ether oxygens (including phenoxy) is 1. The van der Waals surface area contributed by atoms with Gasteiger partial charge in [-0.15, -0.1) is 0 Å². The van der Waals surface area contributed by atoms with Gasteiger partial charge in [0.25, 0.3) is 0 Å². The Morgan fingerprint density at radius 3 is 3.00 bits per heavy atom. The molecule has 0 unspecified atom stereocenters. The number of para-hydroxylation sites is 1. The second-order valence-electron chi connectivity index (χ2n) is 5.98. The fourth-order valence-corrected chi connectivity index (χ4v) is 3.33. The Morgan fingerprint density at radius 1 is 1.35 bits per heavy atom. The molecule has 0 aliphatic carbocycles. The first-order valence-electron chi connectivity index (χ1n) is 8.37. The molecule has 1 aliphatic heterocycles. The molecular formula is C19H24N2O2. The van der Waals surface area contributed by atoms with Crippen molar-refractivity contribution in [2.45, 2.75) is 33.1 Å². The van der Waals surface area contributed by atoms with Crippen molar-refractivity contribution in [2.24, 2.45) is 0 Å². The predicted octanol–water partition coefficient (Wildman–Crippen LogP) is 3.64. The summed E-state index contributed by atoms with van der Waals surface area (Å²) >= 11 is 0. The van der Waals surface area contributed by atoms with E-state index in [9.17, 15) is 4.79 Å². The van der Waals surface area contributed by atoms with Crippen LogP contribution in [0.2, 0.25) is 0 Å². The van der Waals surface area contributed by atoms with Crippen LogP contribution < -0.4 is 0 Å². The summed E-state index contributed by atoms with van der Waals surface area (Å²) in [5.74, 6) is -0.151. The molecule has 0 amide bonds. The number of rotatable bonds is 5. The van der Waals surface area contributed by atoms with Gasteiger partial charge in [0.05, 0.1) is 12.2 Å². The zero-order chi connectivity index (χ0) is 16.2. The molecular weight excluding hydrogens is 288 g/mol. The highest BCUT2D eigenvalue weighted by atomic mass is 16.5. The van der Waals surface area contributed by atoms with Crippen LogP contribution in [0.25, 0.3) is 10.9 Å². The first-order chi connectivity index (χ1) is 11.2. The van der Waals surface area contributed by atoms with Gasteiger partial charge in [0.15, 0.2) is 0 Å². The smallest absolute Gasteiger partial charge is 0.335 e. The molecule has 1 aromatic carbocycles. The van der Waals surface area contributed by atoms with Gasteiger partial charge in [-0.2, -0.15) is 0 Å². The SMILES string of the molecule is CCOC(=O)C1=C(C)N(CCc2c[nH]c3ccccc23)CCC1. The maximum Gasteiger partial charge on any atom is 0.335 e. The van der Waals surface area contributed by atoms with Crippen LogP contribution in [0.3, 0.4) is 0 Å². The van der Waals surface area contributed by atoms with E-state index in [2.05, 4.69) is 34.3 Å². The molecule has 3 rings (SSSR count). The lowest BCUT2D eigenvalue weighted by Crippen LogP contribution is -2.31. The summed E-state index contributed by atoms with van der Waals surface area (Å²) in [5, 5.41) is 1.29. The second-order valence-corrected chi connectivity index (χ2v) is 5.98. The van der Waals surface area contributed by atoms with Crippen molar-refractivity contribution in [3.8, 4) is 0 Å². The fraction of sp³-hybridized carbons (Fsp3) is 0.421. The summed E-state index contributed by atoms with van der Waals surface area (Å²) in [6.07, 6.45) is 4.91. The summed E-state index contributed by atoms with van der Waals surface area (Å²) in [7, 11) is 0. The summed E-state index contributed by atoms with van der Waals surface area (Å²) in [6, 6.07) is 8.38. The van der Waals surface area contributed by atoms with Crippen molar-refractivity contribution >= 4 is 16.9 Å². The number of aromatic nitrogens is 1. The molecule has 0 bridgehead atoms. The van der Waals surface area contributed by atoms with Crippen LogP contribution in [0, 0.1) is 0 Å². The molecule has 4 heteroatoms. The molecule has 2 heterocycles. The van der Waals surface area contributed by atoms with Gasteiger partial charge >= 0.3 is 5.97 Å². The molecule has 0 atom stereocenters. The molecule has 4 nitrogen and oxygen atoms in total. The highest BCUT2D eigenvalue weighted by Gasteiger charge is 2.22. The van der Waals surface area contributed by atoms with E-state index in [0.29, 0.717) is 6.61 Å². The lowest BCUT2D eigenvalue weighted by Gasteiger charge is -2.31. The van der Waals surface area contributed by atoms with E-state index in [-0.39, 0.29) is 5.97 Å². The molecule has 0 radical (unpaired) electrons. The summed E-state index contributed by atoms with van der Waals surface area (Å²) < 4.78 is 5.18. The van der Waals surface area contributed by atoms with E-state index in [4.69, 9.17) is 4.74 Å². The number of hydrogen-bond acceptors (Lipinski definition) is 3. The van der Waals surface area contributed by atoms with Crippen LogP contribution >= 0.6 is 0 Å². The number of aromatic amines is 1. The molecule has 0 saturated carbocycles. The Balaban J connectivity index is 1.72. The van der Waals surface area contributed by atoms with Gasteiger partial charge in [-0.3, -0.25) is 0 Å². The number of nitrogens with zero attached hydrogens (tertiary/aromatic N) is 1. The number of carbonyl (C=O) groups excluding carboxylic acids is 1. The van der Waals surface area contributed by atoms with E-state index >= 15 is 0 Å². The number of allylic oxidation sites excluding steroid dienone is 1. The Bertz CT molecular complexity index is 730. The van der Waals surface area contributed by atoms with Gasteiger partial charge < -0.3 is 14.6 Å². The molecule has 0 fully saturated rings. The fourth-order valence-electron chi connectivity index (χ4n) is 3.33. The van der Waals surface area contributed by atoms with Gasteiger partial charge in [0.1, 0.15) is 0 Å². The predicted molar refractivity (Wildman–Crippen MR) is 92.1 cm³/mol.